The van der Waals surface area contributed by atoms with Crippen LogP contribution in [0.4, 0.5) is 0 Å². The van der Waals surface area contributed by atoms with Gasteiger partial charge >= 0.3 is 0 Å². The summed E-state index contributed by atoms with van der Waals surface area (Å²) in [5, 5.41) is 0. The summed E-state index contributed by atoms with van der Waals surface area (Å²) in [6.45, 7) is 4.19. The van der Waals surface area contributed by atoms with Gasteiger partial charge < -0.3 is 28.7 Å². The summed E-state index contributed by atoms with van der Waals surface area (Å²) in [6.07, 6.45) is 10.1. The summed E-state index contributed by atoms with van der Waals surface area (Å²) in [5.74, 6) is 2.16. The zero-order valence-electron chi connectivity index (χ0n) is 31.4. The fraction of sp³-hybridized carbons (Fsp3) is 0.267. The number of allylic oxidation sites excluding steroid dienone is 2. The van der Waals surface area contributed by atoms with Gasteiger partial charge in [0, 0.05) is 18.8 Å². The molecule has 2 aliphatic rings. The molecule has 4 aromatic rings. The van der Waals surface area contributed by atoms with Crippen LogP contribution in [0.1, 0.15) is 58.3 Å². The molecule has 9 nitrogen and oxygen atoms in total. The number of aryl methyl sites for hydroxylation is 2. The average Bonchev–Trinajstić information content (AvgIpc) is 3.19. The van der Waals surface area contributed by atoms with E-state index in [1.807, 2.05) is 122 Å². The predicted molar refractivity (Wildman–Crippen MR) is 208 cm³/mol. The van der Waals surface area contributed by atoms with E-state index in [0.717, 1.165) is 39.0 Å². The van der Waals surface area contributed by atoms with E-state index in [2.05, 4.69) is 0 Å². The van der Waals surface area contributed by atoms with Crippen molar-refractivity contribution in [3.05, 3.63) is 155 Å². The fourth-order valence-corrected chi connectivity index (χ4v) is 6.99. The molecule has 0 saturated carbocycles. The maximum atomic E-state index is 13.8. The lowest BCUT2D eigenvalue weighted by molar-refractivity contribution is -0.132. The van der Waals surface area contributed by atoms with Crippen LogP contribution in [-0.2, 0) is 27.2 Å². The van der Waals surface area contributed by atoms with E-state index in [1.165, 1.54) is 6.08 Å². The van der Waals surface area contributed by atoms with E-state index in [9.17, 15) is 14.4 Å². The Kier molecular flexibility index (Phi) is 12.0. The molecular weight excluding hydrogens is 681 g/mol. The number of ether oxygens (including phenoxy) is 4. The van der Waals surface area contributed by atoms with Crippen molar-refractivity contribution in [3.8, 4) is 23.0 Å². The first-order valence-corrected chi connectivity index (χ1v) is 18.0. The number of rotatable bonds is 12. The number of ketones is 1. The van der Waals surface area contributed by atoms with Crippen LogP contribution in [0.15, 0.2) is 121 Å². The van der Waals surface area contributed by atoms with Crippen LogP contribution in [0.5, 0.6) is 23.0 Å². The lowest BCUT2D eigenvalue weighted by atomic mass is 9.93. The van der Waals surface area contributed by atoms with Crippen molar-refractivity contribution in [1.82, 2.24) is 9.80 Å². The largest absolute Gasteiger partial charge is 0.493 e. The number of hydrogen-bond acceptors (Lipinski definition) is 7. The topological polar surface area (TPSA) is 94.6 Å². The molecule has 2 aliphatic heterocycles. The Hall–Kier alpha value is -6.09. The summed E-state index contributed by atoms with van der Waals surface area (Å²) < 4.78 is 22.9. The van der Waals surface area contributed by atoms with Gasteiger partial charge in [0.15, 0.2) is 28.8 Å². The molecule has 0 aromatic heterocycles. The van der Waals surface area contributed by atoms with Crippen molar-refractivity contribution < 1.29 is 33.3 Å². The molecule has 2 heterocycles. The van der Waals surface area contributed by atoms with Crippen LogP contribution in [0.3, 0.4) is 0 Å². The van der Waals surface area contributed by atoms with Crippen molar-refractivity contribution in [1.29, 1.82) is 0 Å². The Morgan fingerprint density at radius 3 is 1.65 bits per heavy atom. The molecule has 0 N–H and O–H groups in total. The third-order valence-electron chi connectivity index (χ3n) is 10.0. The Morgan fingerprint density at radius 1 is 0.648 bits per heavy atom. The molecule has 54 heavy (non-hydrogen) atoms. The summed E-state index contributed by atoms with van der Waals surface area (Å²) in [6, 6.07) is 26.6. The zero-order chi connectivity index (χ0) is 38.2. The summed E-state index contributed by atoms with van der Waals surface area (Å²) >= 11 is 0. The van der Waals surface area contributed by atoms with Crippen molar-refractivity contribution in [2.75, 3.05) is 27.9 Å². The quantitative estimate of drug-likeness (QED) is 0.146. The van der Waals surface area contributed by atoms with Gasteiger partial charge in [0.05, 0.1) is 46.3 Å². The Bertz CT molecular complexity index is 2090. The Labute approximate surface area is 317 Å². The third kappa shape index (κ3) is 8.58. The van der Waals surface area contributed by atoms with Gasteiger partial charge in [0.2, 0.25) is 11.8 Å². The minimum atomic E-state index is -0.351. The maximum Gasteiger partial charge on any atom is 0.231 e. The molecule has 4 aromatic carbocycles. The lowest BCUT2D eigenvalue weighted by Gasteiger charge is -2.33. The fourth-order valence-electron chi connectivity index (χ4n) is 6.99. The van der Waals surface area contributed by atoms with Crippen molar-refractivity contribution in [3.63, 3.8) is 0 Å². The molecule has 9 heteroatoms. The second-order valence-electron chi connectivity index (χ2n) is 13.5. The lowest BCUT2D eigenvalue weighted by Crippen LogP contribution is -2.35. The van der Waals surface area contributed by atoms with E-state index < -0.39 is 0 Å². The van der Waals surface area contributed by atoms with Crippen LogP contribution >= 0.6 is 0 Å². The number of nitrogens with zero attached hydrogens (tertiary/aromatic N) is 2. The molecule has 278 valence electrons. The highest BCUT2D eigenvalue weighted by Gasteiger charge is 2.30. The van der Waals surface area contributed by atoms with Crippen LogP contribution in [-0.4, -0.2) is 55.3 Å². The van der Waals surface area contributed by atoms with Crippen molar-refractivity contribution in [2.24, 2.45) is 0 Å². The van der Waals surface area contributed by atoms with Crippen molar-refractivity contribution >= 4 is 17.6 Å². The molecule has 0 bridgehead atoms. The first-order valence-electron chi connectivity index (χ1n) is 18.0. The second kappa shape index (κ2) is 17.2. The highest BCUT2D eigenvalue weighted by atomic mass is 16.5. The van der Waals surface area contributed by atoms with Crippen LogP contribution in [0.25, 0.3) is 0 Å². The predicted octanol–water partition coefficient (Wildman–Crippen LogP) is 7.96. The number of hydrogen-bond donors (Lipinski definition) is 0. The van der Waals surface area contributed by atoms with Gasteiger partial charge in [0.1, 0.15) is 6.61 Å². The van der Waals surface area contributed by atoms with Crippen LogP contribution in [0, 0.1) is 13.8 Å². The number of carbonyl (C=O) groups is 3. The molecule has 0 saturated heterocycles. The van der Waals surface area contributed by atoms with E-state index in [1.54, 1.807) is 32.4 Å². The Balaban J connectivity index is 1.16. The van der Waals surface area contributed by atoms with Gasteiger partial charge in [-0.05, 0) is 102 Å². The number of methoxy groups -OCH3 is 3. The van der Waals surface area contributed by atoms with Gasteiger partial charge in [-0.1, -0.05) is 60.7 Å². The molecule has 0 aliphatic carbocycles. The molecule has 0 radical (unpaired) electrons. The van der Waals surface area contributed by atoms with Crippen LogP contribution in [0.2, 0.25) is 0 Å². The standard InChI is InChI=1S/C45H46N2O7/c1-30-22-40(51-3)41(52-4)25-35(30)27-44(49)46-19-16-32(24-38(46)33-12-8-6-9-13-33)18-21-54-43-23-31(2)36(26-42(43)53-5)28-45(50)47-20-17-37(48)29-39(47)34-14-10-7-11-15-34/h6-20,22-23,25-26,38-39H,21,24,27-29H2,1-5H3/b32-18+/t38-,39?/m1/s1. The maximum absolute atomic E-state index is 13.8. The van der Waals surface area contributed by atoms with Crippen molar-refractivity contribution in [2.45, 2.75) is 51.6 Å². The van der Waals surface area contributed by atoms with E-state index in [-0.39, 0.29) is 55.6 Å². The van der Waals surface area contributed by atoms with Gasteiger partial charge in [-0.3, -0.25) is 14.4 Å². The van der Waals surface area contributed by atoms with E-state index in [0.29, 0.717) is 29.4 Å². The third-order valence-corrected chi connectivity index (χ3v) is 10.0. The summed E-state index contributed by atoms with van der Waals surface area (Å²) in [7, 11) is 4.77. The first kappa shape index (κ1) is 37.7. The average molecular weight is 727 g/mol. The van der Waals surface area contributed by atoms with Gasteiger partial charge in [-0.15, -0.1) is 0 Å². The molecule has 6 rings (SSSR count). The normalized spacial score (nSPS) is 17.4. The SMILES string of the molecule is COc1cc(C)c(CC(=O)N2C=C/C(=C\COc3cc(C)c(CC(=O)N4C=CC(=O)CC4c4ccccc4)cc3OC)C[C@@H]2c2ccccc2)cc1OC. The van der Waals surface area contributed by atoms with E-state index in [4.69, 9.17) is 18.9 Å². The van der Waals surface area contributed by atoms with Gasteiger partial charge in [0.25, 0.3) is 0 Å². The molecule has 2 amide bonds. The first-order chi connectivity index (χ1) is 26.2. The molecule has 0 spiro atoms. The summed E-state index contributed by atoms with van der Waals surface area (Å²) in [4.78, 5) is 43.2. The smallest absolute Gasteiger partial charge is 0.231 e. The number of amides is 2. The highest BCUT2D eigenvalue weighted by Crippen LogP contribution is 2.36. The molecular formula is C45H46N2O7. The van der Waals surface area contributed by atoms with Gasteiger partial charge in [-0.25, -0.2) is 0 Å². The van der Waals surface area contributed by atoms with Gasteiger partial charge in [-0.2, -0.15) is 0 Å². The summed E-state index contributed by atoms with van der Waals surface area (Å²) in [5.41, 5.74) is 6.53. The second-order valence-corrected chi connectivity index (χ2v) is 13.5. The highest BCUT2D eigenvalue weighted by molar-refractivity contribution is 5.93. The van der Waals surface area contributed by atoms with E-state index >= 15 is 0 Å². The zero-order valence-corrected chi connectivity index (χ0v) is 31.4. The molecule has 0 fully saturated rings. The monoisotopic (exact) mass is 726 g/mol. The minimum Gasteiger partial charge on any atom is -0.493 e. The Morgan fingerprint density at radius 2 is 1.11 bits per heavy atom. The minimum absolute atomic E-state index is 0.00600. The number of benzene rings is 4. The molecule has 1 unspecified atom stereocenters. The molecule has 2 atom stereocenters. The van der Waals surface area contributed by atoms with Crippen LogP contribution < -0.4 is 18.9 Å². The number of carbonyl (C=O) groups excluding carboxylic acids is 3.